The maximum Gasteiger partial charge on any atom is 0.920 e. The van der Waals surface area contributed by atoms with Gasteiger partial charge in [0.25, 0.3) is 0 Å². The lowest BCUT2D eigenvalue weighted by Crippen LogP contribution is -2.27. The SMILES string of the molecule is CCP(=O)(CC)[O][Al]1[O]P[O]1. The zero-order valence-electron chi connectivity index (χ0n) is 6.57. The van der Waals surface area contributed by atoms with Crippen molar-refractivity contribution in [1.29, 1.82) is 0 Å². The largest absolute Gasteiger partial charge is 0.920 e. The predicted molar refractivity (Wildman–Crippen MR) is 46.0 cm³/mol. The third-order valence-electron chi connectivity index (χ3n) is 1.53. The standard InChI is InChI=1S/C4H11O2P.Al.HO2P/c1-3-7(5,6)4-2;;1-3-2/h3-4H2,1-2H3,(H,5,6);;3H/q;+3;-2/p-1. The van der Waals surface area contributed by atoms with Gasteiger partial charge < -0.3 is 10.7 Å². The van der Waals surface area contributed by atoms with Gasteiger partial charge in [0, 0.05) is 12.3 Å². The summed E-state index contributed by atoms with van der Waals surface area (Å²) in [7, 11) is -2.28. The molecule has 0 aromatic carbocycles. The molecular formula is C4H11AlO4P2. The minimum atomic E-state index is -2.39. The topological polar surface area (TPSA) is 44.8 Å². The minimum Gasteiger partial charge on any atom is -0.415 e. The van der Waals surface area contributed by atoms with E-state index in [4.69, 9.17) is 10.7 Å². The van der Waals surface area contributed by atoms with Gasteiger partial charge in [0.05, 0.1) is 0 Å². The summed E-state index contributed by atoms with van der Waals surface area (Å²) in [6.07, 6.45) is 1.14. The molecule has 0 N–H and O–H groups in total. The van der Waals surface area contributed by atoms with Gasteiger partial charge in [0.15, 0.2) is 7.37 Å². The van der Waals surface area contributed by atoms with Crippen LogP contribution in [0, 0.1) is 0 Å². The summed E-state index contributed by atoms with van der Waals surface area (Å²) in [6, 6.07) is 0. The van der Waals surface area contributed by atoms with Crippen molar-refractivity contribution < 1.29 is 15.3 Å². The molecule has 1 fully saturated rings. The maximum absolute atomic E-state index is 11.6. The first-order valence-corrected chi connectivity index (χ1v) is 7.75. The van der Waals surface area contributed by atoms with Crippen molar-refractivity contribution in [3.8, 4) is 0 Å². The average Bonchev–Trinajstić information content (AvgIpc) is 1.97. The van der Waals surface area contributed by atoms with Crippen LogP contribution in [0.25, 0.3) is 0 Å². The van der Waals surface area contributed by atoms with E-state index in [0.29, 0.717) is 12.3 Å². The lowest BCUT2D eigenvalue weighted by atomic mass is 11.0. The molecule has 0 aromatic heterocycles. The summed E-state index contributed by atoms with van der Waals surface area (Å²) in [4.78, 5) is 0. The highest BCUT2D eigenvalue weighted by atomic mass is 31.2. The van der Waals surface area contributed by atoms with Crippen molar-refractivity contribution in [2.75, 3.05) is 12.3 Å². The first-order valence-electron chi connectivity index (χ1n) is 3.53. The molecule has 0 spiro atoms. The number of hydrogen-bond acceptors (Lipinski definition) is 4. The molecule has 1 rings (SSSR count). The third-order valence-corrected chi connectivity index (χ3v) is 7.99. The molecule has 1 heterocycles. The molecule has 11 heavy (non-hydrogen) atoms. The van der Waals surface area contributed by atoms with E-state index in [1.807, 2.05) is 13.8 Å². The van der Waals surface area contributed by atoms with E-state index in [1.54, 1.807) is 0 Å². The highest BCUT2D eigenvalue weighted by molar-refractivity contribution is 7.60. The maximum atomic E-state index is 11.6. The summed E-state index contributed by atoms with van der Waals surface area (Å²) in [6.45, 7) is 3.72. The summed E-state index contributed by atoms with van der Waals surface area (Å²) in [5.41, 5.74) is 0. The van der Waals surface area contributed by atoms with E-state index in [-0.39, 0.29) is 9.03 Å². The Kier molecular flexibility index (Phi) is 4.01. The van der Waals surface area contributed by atoms with Gasteiger partial charge in [0.1, 0.15) is 9.03 Å². The second-order valence-electron chi connectivity index (χ2n) is 2.16. The number of rotatable bonds is 4. The molecule has 1 aliphatic rings. The van der Waals surface area contributed by atoms with Gasteiger partial charge in [-0.1, -0.05) is 13.8 Å². The minimum absolute atomic E-state index is 0.106. The predicted octanol–water partition coefficient (Wildman–Crippen LogP) is 1.86. The molecule has 1 aliphatic heterocycles. The van der Waals surface area contributed by atoms with Crippen LogP contribution in [0.1, 0.15) is 13.8 Å². The molecule has 0 unspecified atom stereocenters. The van der Waals surface area contributed by atoms with Crippen LogP contribution in [0.2, 0.25) is 0 Å². The van der Waals surface area contributed by atoms with Gasteiger partial charge in [-0.2, -0.15) is 0 Å². The van der Waals surface area contributed by atoms with E-state index in [0.717, 1.165) is 0 Å². The zero-order valence-corrected chi connectivity index (χ0v) is 9.62. The summed E-state index contributed by atoms with van der Waals surface area (Å²) in [5, 5.41) is 0. The fraction of sp³-hybridized carbons (Fsp3) is 1.00. The van der Waals surface area contributed by atoms with Crippen molar-refractivity contribution in [2.45, 2.75) is 13.8 Å². The second kappa shape index (κ2) is 4.35. The Balaban J connectivity index is 2.36. The monoisotopic (exact) mass is 212 g/mol. The first-order chi connectivity index (χ1) is 5.20. The fourth-order valence-electron chi connectivity index (χ4n) is 0.660. The first kappa shape index (κ1) is 10.2. The van der Waals surface area contributed by atoms with E-state index >= 15 is 0 Å². The zero-order chi connectivity index (χ0) is 8.32. The Morgan fingerprint density at radius 1 is 1.45 bits per heavy atom. The Hall–Kier alpha value is 1.07. The molecule has 0 aliphatic carbocycles. The van der Waals surface area contributed by atoms with Gasteiger partial charge in [-0.25, -0.2) is 0 Å². The van der Waals surface area contributed by atoms with Gasteiger partial charge in [-0.15, -0.1) is 0 Å². The third kappa shape index (κ3) is 2.79. The normalized spacial score (nSPS) is 18.2. The van der Waals surface area contributed by atoms with E-state index in [1.165, 1.54) is 0 Å². The van der Waals surface area contributed by atoms with Crippen molar-refractivity contribution in [1.82, 2.24) is 0 Å². The average molecular weight is 212 g/mol. The molecular weight excluding hydrogens is 201 g/mol. The molecule has 0 atom stereocenters. The molecule has 0 radical (unpaired) electrons. The van der Waals surface area contributed by atoms with Crippen molar-refractivity contribution in [3.63, 3.8) is 0 Å². The van der Waals surface area contributed by atoms with Gasteiger partial charge in [0.2, 0.25) is 0 Å². The molecule has 7 heteroatoms. The lowest BCUT2D eigenvalue weighted by molar-refractivity contribution is 0.264. The van der Waals surface area contributed by atoms with Crippen molar-refractivity contribution in [2.24, 2.45) is 0 Å². The van der Waals surface area contributed by atoms with Gasteiger partial charge in [-0.3, -0.25) is 4.57 Å². The van der Waals surface area contributed by atoms with Crippen molar-refractivity contribution >= 4 is 31.6 Å². The van der Waals surface area contributed by atoms with E-state index < -0.39 is 22.5 Å². The highest BCUT2D eigenvalue weighted by Gasteiger charge is 2.44. The highest BCUT2D eigenvalue weighted by Crippen LogP contribution is 2.49. The van der Waals surface area contributed by atoms with Crippen LogP contribution >= 0.6 is 16.4 Å². The Morgan fingerprint density at radius 3 is 2.27 bits per heavy atom. The van der Waals surface area contributed by atoms with Crippen LogP contribution in [-0.4, -0.2) is 27.5 Å². The molecule has 0 saturated carbocycles. The second-order valence-corrected chi connectivity index (χ2v) is 8.53. The fourth-order valence-corrected chi connectivity index (χ4v) is 5.37. The summed E-state index contributed by atoms with van der Waals surface area (Å²) < 4.78 is 26.8. The number of hydrogen-bond donors (Lipinski definition) is 0. The van der Waals surface area contributed by atoms with Crippen LogP contribution in [0.4, 0.5) is 0 Å². The van der Waals surface area contributed by atoms with E-state index in [2.05, 4.69) is 0 Å². The molecule has 1 saturated heterocycles. The smallest absolute Gasteiger partial charge is 0.415 e. The van der Waals surface area contributed by atoms with Gasteiger partial charge >= 0.3 is 15.1 Å². The van der Waals surface area contributed by atoms with Crippen LogP contribution in [-0.2, 0) is 15.3 Å². The lowest BCUT2D eigenvalue weighted by Gasteiger charge is -2.24. The van der Waals surface area contributed by atoms with Crippen molar-refractivity contribution in [3.05, 3.63) is 0 Å². The van der Waals surface area contributed by atoms with E-state index in [9.17, 15) is 4.57 Å². The Labute approximate surface area is 73.4 Å². The molecule has 0 bridgehead atoms. The molecule has 4 nitrogen and oxygen atoms in total. The van der Waals surface area contributed by atoms with Crippen LogP contribution in [0.15, 0.2) is 0 Å². The Bertz CT molecular complexity index is 163. The van der Waals surface area contributed by atoms with Gasteiger partial charge in [-0.05, 0) is 0 Å². The van der Waals surface area contributed by atoms with Crippen LogP contribution < -0.4 is 0 Å². The summed E-state index contributed by atoms with van der Waals surface area (Å²) in [5.74, 6) is 0. The van der Waals surface area contributed by atoms with Crippen LogP contribution in [0.5, 0.6) is 0 Å². The quantitative estimate of drug-likeness (QED) is 0.527. The molecule has 64 valence electrons. The summed E-state index contributed by atoms with van der Waals surface area (Å²) >= 11 is -1.91. The molecule has 0 aromatic rings. The molecule has 0 amide bonds. The Morgan fingerprint density at radius 2 is 2.00 bits per heavy atom. The van der Waals surface area contributed by atoms with Crippen LogP contribution in [0.3, 0.4) is 0 Å².